The van der Waals surface area contributed by atoms with Gasteiger partial charge in [-0.15, -0.1) is 0 Å². The average Bonchev–Trinajstić information content (AvgIpc) is 2.29. The summed E-state index contributed by atoms with van der Waals surface area (Å²) in [5.41, 5.74) is 1.57. The number of hydrogen-bond acceptors (Lipinski definition) is 2. The van der Waals surface area contributed by atoms with Crippen LogP contribution in [0.25, 0.3) is 0 Å². The molecular weight excluding hydrogens is 226 g/mol. The van der Waals surface area contributed by atoms with Crippen molar-refractivity contribution >= 4 is 11.6 Å². The van der Waals surface area contributed by atoms with E-state index in [0.717, 1.165) is 30.5 Å². The Kier molecular flexibility index (Phi) is 4.38. The zero-order valence-electron chi connectivity index (χ0n) is 10.3. The van der Waals surface area contributed by atoms with Crippen molar-refractivity contribution in [1.82, 2.24) is 0 Å². The minimum absolute atomic E-state index is 0.0591. The highest BCUT2D eigenvalue weighted by molar-refractivity contribution is 5.94. The fourth-order valence-corrected chi connectivity index (χ4v) is 1.82. The molecule has 0 heterocycles. The molecule has 1 aromatic rings. The zero-order chi connectivity index (χ0) is 12.8. The molecule has 94 valence electrons. The van der Waals surface area contributed by atoms with Crippen LogP contribution in [0.15, 0.2) is 24.3 Å². The molecule has 18 heavy (non-hydrogen) atoms. The van der Waals surface area contributed by atoms with Gasteiger partial charge in [-0.3, -0.25) is 4.79 Å². The van der Waals surface area contributed by atoms with Crippen molar-refractivity contribution in [2.75, 3.05) is 11.9 Å². The van der Waals surface area contributed by atoms with Crippen LogP contribution < -0.4 is 5.32 Å². The molecule has 0 bridgehead atoms. The van der Waals surface area contributed by atoms with Crippen molar-refractivity contribution in [3.05, 3.63) is 29.8 Å². The lowest BCUT2D eigenvalue weighted by Gasteiger charge is -2.24. The Labute approximate surface area is 107 Å². The molecule has 1 saturated carbocycles. The Bertz CT molecular complexity index is 481. The summed E-state index contributed by atoms with van der Waals surface area (Å²) in [7, 11) is 0. The predicted octanol–water partition coefficient (Wildman–Crippen LogP) is 2.16. The summed E-state index contributed by atoms with van der Waals surface area (Å²) in [4.78, 5) is 11.9. The summed E-state index contributed by atoms with van der Waals surface area (Å²) in [6.07, 6.45) is 3.58. The monoisotopic (exact) mass is 243 g/mol. The number of nitrogens with one attached hydrogen (secondary N) is 1. The molecule has 3 nitrogen and oxygen atoms in total. The Morgan fingerprint density at radius 1 is 1.39 bits per heavy atom. The van der Waals surface area contributed by atoms with Gasteiger partial charge in [-0.25, -0.2) is 0 Å². The molecule has 1 amide bonds. The van der Waals surface area contributed by atoms with E-state index in [1.165, 1.54) is 0 Å². The molecule has 0 aliphatic heterocycles. The number of anilines is 1. The first kappa shape index (κ1) is 12.7. The molecule has 2 rings (SSSR count). The van der Waals surface area contributed by atoms with Gasteiger partial charge in [-0.05, 0) is 25.0 Å². The number of aliphatic hydroxyl groups excluding tert-OH is 1. The fraction of sp³-hybridized carbons (Fsp3) is 0.400. The molecule has 0 spiro atoms. The van der Waals surface area contributed by atoms with Crippen molar-refractivity contribution in [3.8, 4) is 11.8 Å². The molecular formula is C15H17NO2. The number of hydrogen-bond donors (Lipinski definition) is 2. The standard InChI is InChI=1S/C15H17NO2/c17-11-4-3-7-12-6-1-2-10-14(12)16-15(18)13-8-5-9-13/h1-2,6,10,13,17H,4-5,8-9,11H2,(H,16,18). The molecule has 0 atom stereocenters. The lowest BCUT2D eigenvalue weighted by atomic mass is 9.85. The summed E-state index contributed by atoms with van der Waals surface area (Å²) < 4.78 is 0. The van der Waals surface area contributed by atoms with E-state index < -0.39 is 0 Å². The zero-order valence-corrected chi connectivity index (χ0v) is 10.3. The molecule has 0 saturated heterocycles. The van der Waals surface area contributed by atoms with Gasteiger partial charge in [-0.1, -0.05) is 30.4 Å². The summed E-state index contributed by atoms with van der Waals surface area (Å²) in [6, 6.07) is 7.51. The second-order valence-electron chi connectivity index (χ2n) is 4.44. The van der Waals surface area contributed by atoms with Gasteiger partial charge in [-0.2, -0.15) is 0 Å². The quantitative estimate of drug-likeness (QED) is 0.799. The Hall–Kier alpha value is -1.79. The first-order valence-corrected chi connectivity index (χ1v) is 6.31. The number of carbonyl (C=O) groups excluding carboxylic acids is 1. The third-order valence-corrected chi connectivity index (χ3v) is 3.12. The molecule has 3 heteroatoms. The van der Waals surface area contributed by atoms with Gasteiger partial charge < -0.3 is 10.4 Å². The first-order valence-electron chi connectivity index (χ1n) is 6.31. The van der Waals surface area contributed by atoms with Gasteiger partial charge in [0, 0.05) is 17.9 Å². The molecule has 1 aliphatic carbocycles. The van der Waals surface area contributed by atoms with Gasteiger partial charge in [0.15, 0.2) is 0 Å². The first-order chi connectivity index (χ1) is 8.81. The highest BCUT2D eigenvalue weighted by atomic mass is 16.2. The maximum atomic E-state index is 11.9. The van der Waals surface area contributed by atoms with E-state index in [1.807, 2.05) is 24.3 Å². The van der Waals surface area contributed by atoms with Crippen LogP contribution in [0.3, 0.4) is 0 Å². The van der Waals surface area contributed by atoms with E-state index in [-0.39, 0.29) is 18.4 Å². The second kappa shape index (κ2) is 6.23. The van der Waals surface area contributed by atoms with Crippen molar-refractivity contribution < 1.29 is 9.90 Å². The molecule has 0 aromatic heterocycles. The van der Waals surface area contributed by atoms with E-state index in [0.29, 0.717) is 6.42 Å². The fourth-order valence-electron chi connectivity index (χ4n) is 1.82. The number of para-hydroxylation sites is 1. The highest BCUT2D eigenvalue weighted by Gasteiger charge is 2.25. The van der Waals surface area contributed by atoms with Crippen molar-refractivity contribution in [1.29, 1.82) is 0 Å². The van der Waals surface area contributed by atoms with Gasteiger partial charge in [0.1, 0.15) is 0 Å². The number of carbonyl (C=O) groups is 1. The normalized spacial score (nSPS) is 14.3. The minimum Gasteiger partial charge on any atom is -0.395 e. The van der Waals surface area contributed by atoms with Crippen LogP contribution in [0, 0.1) is 17.8 Å². The third-order valence-electron chi connectivity index (χ3n) is 3.12. The molecule has 2 N–H and O–H groups in total. The second-order valence-corrected chi connectivity index (χ2v) is 4.44. The molecule has 1 aliphatic rings. The molecule has 0 unspecified atom stereocenters. The van der Waals surface area contributed by atoms with Crippen LogP contribution >= 0.6 is 0 Å². The van der Waals surface area contributed by atoms with Crippen molar-refractivity contribution in [3.63, 3.8) is 0 Å². The molecule has 1 aromatic carbocycles. The highest BCUT2D eigenvalue weighted by Crippen LogP contribution is 2.28. The van der Waals surface area contributed by atoms with Crippen LogP contribution in [0.1, 0.15) is 31.2 Å². The Balaban J connectivity index is 2.07. The summed E-state index contributed by atoms with van der Waals surface area (Å²) in [5, 5.41) is 11.6. The van der Waals surface area contributed by atoms with E-state index in [1.54, 1.807) is 0 Å². The van der Waals surface area contributed by atoms with Crippen LogP contribution in [-0.2, 0) is 4.79 Å². The molecule has 0 radical (unpaired) electrons. The van der Waals surface area contributed by atoms with Gasteiger partial charge in [0.05, 0.1) is 12.3 Å². The molecule has 1 fully saturated rings. The maximum Gasteiger partial charge on any atom is 0.227 e. The van der Waals surface area contributed by atoms with E-state index >= 15 is 0 Å². The lowest BCUT2D eigenvalue weighted by molar-refractivity contribution is -0.122. The Morgan fingerprint density at radius 2 is 2.17 bits per heavy atom. The summed E-state index contributed by atoms with van der Waals surface area (Å²) >= 11 is 0. The largest absolute Gasteiger partial charge is 0.395 e. The van der Waals surface area contributed by atoms with Crippen molar-refractivity contribution in [2.24, 2.45) is 5.92 Å². The smallest absolute Gasteiger partial charge is 0.227 e. The summed E-state index contributed by atoms with van der Waals surface area (Å²) in [5.74, 6) is 6.11. The number of benzene rings is 1. The van der Waals surface area contributed by atoms with E-state index in [2.05, 4.69) is 17.2 Å². The predicted molar refractivity (Wildman–Crippen MR) is 71.0 cm³/mol. The third kappa shape index (κ3) is 3.12. The summed E-state index contributed by atoms with van der Waals surface area (Å²) in [6.45, 7) is 0.0591. The lowest BCUT2D eigenvalue weighted by Crippen LogP contribution is -2.28. The maximum absolute atomic E-state index is 11.9. The number of rotatable bonds is 3. The van der Waals surface area contributed by atoms with E-state index in [4.69, 9.17) is 5.11 Å². The van der Waals surface area contributed by atoms with Gasteiger partial charge in [0.25, 0.3) is 0 Å². The Morgan fingerprint density at radius 3 is 2.83 bits per heavy atom. The van der Waals surface area contributed by atoms with Crippen LogP contribution in [0.2, 0.25) is 0 Å². The van der Waals surface area contributed by atoms with E-state index in [9.17, 15) is 4.79 Å². The average molecular weight is 243 g/mol. The van der Waals surface area contributed by atoms with Crippen LogP contribution in [0.5, 0.6) is 0 Å². The van der Waals surface area contributed by atoms with Gasteiger partial charge in [0.2, 0.25) is 5.91 Å². The minimum atomic E-state index is 0.0591. The topological polar surface area (TPSA) is 49.3 Å². The van der Waals surface area contributed by atoms with Crippen LogP contribution in [-0.4, -0.2) is 17.6 Å². The SMILES string of the molecule is O=C(Nc1ccccc1C#CCCO)C1CCC1. The van der Waals surface area contributed by atoms with Gasteiger partial charge >= 0.3 is 0 Å². The van der Waals surface area contributed by atoms with Crippen LogP contribution in [0.4, 0.5) is 5.69 Å². The number of aliphatic hydroxyl groups is 1. The number of amides is 1. The van der Waals surface area contributed by atoms with Crippen molar-refractivity contribution in [2.45, 2.75) is 25.7 Å².